The lowest BCUT2D eigenvalue weighted by molar-refractivity contribution is -0.120. The monoisotopic (exact) mass is 497 g/mol. The van der Waals surface area contributed by atoms with E-state index in [1.165, 1.54) is 27.4 Å². The zero-order valence-electron chi connectivity index (χ0n) is 18.0. The maximum absolute atomic E-state index is 13.1. The van der Waals surface area contributed by atoms with Gasteiger partial charge in [-0.25, -0.2) is 13.4 Å². The van der Waals surface area contributed by atoms with Crippen molar-refractivity contribution in [2.45, 2.75) is 22.6 Å². The maximum Gasteiger partial charge on any atom is 0.244 e. The van der Waals surface area contributed by atoms with E-state index in [0.717, 1.165) is 25.9 Å². The van der Waals surface area contributed by atoms with Crippen LogP contribution in [0.3, 0.4) is 0 Å². The topological polar surface area (TPSA) is 79.4 Å². The van der Waals surface area contributed by atoms with Crippen molar-refractivity contribution in [2.24, 2.45) is 5.92 Å². The number of hydrogen-bond acceptors (Lipinski definition) is 6. The van der Waals surface area contributed by atoms with Crippen molar-refractivity contribution in [3.63, 3.8) is 0 Å². The molecule has 6 nitrogen and oxygen atoms in total. The molecule has 1 saturated heterocycles. The highest BCUT2D eigenvalue weighted by atomic mass is 32.2. The minimum Gasteiger partial charge on any atom is -0.302 e. The number of rotatable bonds is 5. The molecule has 2 heterocycles. The summed E-state index contributed by atoms with van der Waals surface area (Å²) in [4.78, 5) is 18.7. The fourth-order valence-electron chi connectivity index (χ4n) is 4.25. The molecule has 1 aromatic heterocycles. The van der Waals surface area contributed by atoms with Crippen molar-refractivity contribution in [1.82, 2.24) is 9.29 Å². The fraction of sp³-hybridized carbons (Fsp3) is 0.250. The Kier molecular flexibility index (Phi) is 6.13. The Bertz CT molecular complexity index is 1440. The molecule has 1 fully saturated rings. The number of sulfonamides is 1. The van der Waals surface area contributed by atoms with Crippen LogP contribution in [0.15, 0.2) is 70.5 Å². The lowest BCUT2D eigenvalue weighted by Gasteiger charge is -2.30. The summed E-state index contributed by atoms with van der Waals surface area (Å²) in [5, 5.41) is 5.73. The van der Waals surface area contributed by atoms with E-state index in [-0.39, 0.29) is 11.8 Å². The van der Waals surface area contributed by atoms with Crippen LogP contribution >= 0.6 is 23.1 Å². The lowest BCUT2D eigenvalue weighted by atomic mass is 9.97. The molecule has 3 aromatic carbocycles. The quantitative estimate of drug-likeness (QED) is 0.383. The minimum atomic E-state index is -3.58. The van der Waals surface area contributed by atoms with E-state index < -0.39 is 10.0 Å². The average molecular weight is 498 g/mol. The predicted molar refractivity (Wildman–Crippen MR) is 135 cm³/mol. The van der Waals surface area contributed by atoms with Gasteiger partial charge in [0.2, 0.25) is 15.9 Å². The van der Waals surface area contributed by atoms with Crippen molar-refractivity contribution < 1.29 is 13.2 Å². The second-order valence-corrected chi connectivity index (χ2v) is 11.8. The van der Waals surface area contributed by atoms with Gasteiger partial charge in [0.05, 0.1) is 15.1 Å². The van der Waals surface area contributed by atoms with Gasteiger partial charge in [-0.15, -0.1) is 11.8 Å². The highest BCUT2D eigenvalue weighted by molar-refractivity contribution is 7.99. The Morgan fingerprint density at radius 1 is 1.06 bits per heavy atom. The molecule has 1 aliphatic heterocycles. The highest BCUT2D eigenvalue weighted by Crippen LogP contribution is 2.33. The van der Waals surface area contributed by atoms with Gasteiger partial charge in [0.25, 0.3) is 0 Å². The first-order chi connectivity index (χ1) is 16.0. The molecule has 4 aromatic rings. The molecule has 0 radical (unpaired) electrons. The van der Waals surface area contributed by atoms with Crippen molar-refractivity contribution in [2.75, 3.05) is 24.7 Å². The molecule has 0 bridgehead atoms. The van der Waals surface area contributed by atoms with E-state index in [1.54, 1.807) is 12.1 Å². The molecule has 1 amide bonds. The van der Waals surface area contributed by atoms with Crippen LogP contribution in [0.5, 0.6) is 0 Å². The molecule has 0 aliphatic carbocycles. The zero-order chi connectivity index (χ0) is 23.0. The van der Waals surface area contributed by atoms with Crippen molar-refractivity contribution in [3.05, 3.63) is 60.7 Å². The van der Waals surface area contributed by atoms with Crippen LogP contribution in [-0.2, 0) is 14.8 Å². The summed E-state index contributed by atoms with van der Waals surface area (Å²) in [5.41, 5.74) is 0.891. The zero-order valence-corrected chi connectivity index (χ0v) is 20.5. The first-order valence-corrected chi connectivity index (χ1v) is 14.2. The number of piperidine rings is 1. The van der Waals surface area contributed by atoms with Crippen LogP contribution in [0, 0.1) is 5.92 Å². The van der Waals surface area contributed by atoms with Crippen molar-refractivity contribution in [1.29, 1.82) is 0 Å². The summed E-state index contributed by atoms with van der Waals surface area (Å²) in [6.07, 6.45) is 2.84. The minimum absolute atomic E-state index is 0.0973. The van der Waals surface area contributed by atoms with Gasteiger partial charge in [0.1, 0.15) is 0 Å². The number of fused-ring (bicyclic) bond motifs is 3. The Morgan fingerprint density at radius 3 is 2.58 bits per heavy atom. The molecule has 1 aliphatic rings. The second kappa shape index (κ2) is 9.06. The number of aromatic nitrogens is 1. The highest BCUT2D eigenvalue weighted by Gasteiger charge is 2.33. The first-order valence-electron chi connectivity index (χ1n) is 10.7. The van der Waals surface area contributed by atoms with Gasteiger partial charge in [-0.05, 0) is 42.7 Å². The molecule has 0 atom stereocenters. The normalized spacial score (nSPS) is 15.8. The van der Waals surface area contributed by atoms with E-state index >= 15 is 0 Å². The van der Waals surface area contributed by atoms with Crippen molar-refractivity contribution >= 4 is 65.1 Å². The third-order valence-corrected chi connectivity index (χ3v) is 9.84. The van der Waals surface area contributed by atoms with Gasteiger partial charge in [-0.3, -0.25) is 4.79 Å². The van der Waals surface area contributed by atoms with Crippen molar-refractivity contribution in [3.8, 4) is 0 Å². The Morgan fingerprint density at radius 2 is 1.79 bits per heavy atom. The summed E-state index contributed by atoms with van der Waals surface area (Å²) in [6.45, 7) is 0.654. The lowest BCUT2D eigenvalue weighted by Crippen LogP contribution is -2.41. The van der Waals surface area contributed by atoms with Gasteiger partial charge in [-0.2, -0.15) is 4.31 Å². The molecule has 0 saturated carbocycles. The number of thioether (sulfide) groups is 1. The average Bonchev–Trinajstić information content (AvgIpc) is 3.27. The smallest absolute Gasteiger partial charge is 0.244 e. The largest absolute Gasteiger partial charge is 0.302 e. The molecule has 0 unspecified atom stereocenters. The molecular formula is C24H23N3O3S3. The van der Waals surface area contributed by atoms with E-state index in [4.69, 9.17) is 0 Å². The van der Waals surface area contributed by atoms with Gasteiger partial charge < -0.3 is 5.32 Å². The van der Waals surface area contributed by atoms with Gasteiger partial charge in [0.15, 0.2) is 5.13 Å². The fourth-order valence-corrected chi connectivity index (χ4v) is 7.73. The van der Waals surface area contributed by atoms with E-state index in [9.17, 15) is 13.2 Å². The Labute approximate surface area is 201 Å². The number of nitrogens with one attached hydrogen (secondary N) is 1. The molecule has 170 valence electrons. The molecule has 1 N–H and O–H groups in total. The van der Waals surface area contributed by atoms with Crippen LogP contribution < -0.4 is 5.32 Å². The van der Waals surface area contributed by atoms with Crippen LogP contribution in [-0.4, -0.2) is 43.0 Å². The number of anilines is 1. The molecule has 0 spiro atoms. The summed E-state index contributed by atoms with van der Waals surface area (Å²) in [5.74, 6) is -0.337. The summed E-state index contributed by atoms with van der Waals surface area (Å²) in [7, 11) is -3.58. The third kappa shape index (κ3) is 4.26. The Balaban J connectivity index is 1.28. The second-order valence-electron chi connectivity index (χ2n) is 7.97. The van der Waals surface area contributed by atoms with Crippen LogP contribution in [0.25, 0.3) is 21.0 Å². The molecule has 33 heavy (non-hydrogen) atoms. The number of carbonyl (C=O) groups is 1. The summed E-state index contributed by atoms with van der Waals surface area (Å²) < 4.78 is 28.8. The maximum atomic E-state index is 13.1. The molecule has 9 heteroatoms. The summed E-state index contributed by atoms with van der Waals surface area (Å²) >= 11 is 2.88. The third-order valence-electron chi connectivity index (χ3n) is 6.03. The SMILES string of the molecule is CSc1ccccc1S(=O)(=O)N1CCC(C(=O)Nc2nc3c(ccc4ccccc43)s2)CC1. The number of amides is 1. The number of thiazole rings is 1. The van der Waals surface area contributed by atoms with Crippen LogP contribution in [0.1, 0.15) is 12.8 Å². The van der Waals surface area contributed by atoms with E-state index in [0.29, 0.717) is 36.0 Å². The van der Waals surface area contributed by atoms with Gasteiger partial charge in [-0.1, -0.05) is 53.8 Å². The van der Waals surface area contributed by atoms with E-state index in [1.807, 2.05) is 48.7 Å². The number of hydrogen-bond donors (Lipinski definition) is 1. The molecule has 5 rings (SSSR count). The van der Waals surface area contributed by atoms with Gasteiger partial charge >= 0.3 is 0 Å². The predicted octanol–water partition coefficient (Wildman–Crippen LogP) is 5.21. The summed E-state index contributed by atoms with van der Waals surface area (Å²) in [6, 6.07) is 19.2. The van der Waals surface area contributed by atoms with E-state index in [2.05, 4.69) is 16.4 Å². The molecular weight excluding hydrogens is 474 g/mol. The van der Waals surface area contributed by atoms with Gasteiger partial charge in [0, 0.05) is 29.3 Å². The standard InChI is InChI=1S/C24H23N3O3S3/c1-31-19-8-4-5-9-21(19)33(29,30)27-14-12-17(13-15-27)23(28)26-24-25-22-18-7-3-2-6-16(18)10-11-20(22)32-24/h2-11,17H,12-15H2,1H3,(H,25,26,28). The first kappa shape index (κ1) is 22.3. The number of carbonyl (C=O) groups excluding carboxylic acids is 1. The number of benzene rings is 3. The Hall–Kier alpha value is -2.46. The van der Waals surface area contributed by atoms with Crippen LogP contribution in [0.4, 0.5) is 5.13 Å². The van der Waals surface area contributed by atoms with Crippen LogP contribution in [0.2, 0.25) is 0 Å². The number of nitrogens with zero attached hydrogens (tertiary/aromatic N) is 2.